The normalized spacial score (nSPS) is 15.8. The summed E-state index contributed by atoms with van der Waals surface area (Å²) >= 11 is 0. The summed E-state index contributed by atoms with van der Waals surface area (Å²) in [5, 5.41) is 26.7. The van der Waals surface area contributed by atoms with E-state index in [-0.39, 0.29) is 0 Å². The fourth-order valence-corrected chi connectivity index (χ4v) is 0.358. The molecule has 58 valence electrons. The van der Waals surface area contributed by atoms with Crippen LogP contribution in [-0.2, 0) is 4.79 Å². The highest BCUT2D eigenvalue weighted by molar-refractivity contribution is 5.74. The van der Waals surface area contributed by atoms with E-state index in [4.69, 9.17) is 10.2 Å². The topological polar surface area (TPSA) is 101 Å². The summed E-state index contributed by atoms with van der Waals surface area (Å²) in [6.07, 6.45) is -0.449. The minimum Gasteiger partial charge on any atom is -0.474 e. The van der Waals surface area contributed by atoms with Crippen molar-refractivity contribution in [1.82, 2.24) is 0 Å². The highest BCUT2D eigenvalue weighted by atomic mass is 16.7. The van der Waals surface area contributed by atoms with Crippen LogP contribution in [0.1, 0.15) is 13.3 Å². The molecule has 1 unspecified atom stereocenters. The molecular weight excluding hydrogens is 142 g/mol. The van der Waals surface area contributed by atoms with Gasteiger partial charge in [0.1, 0.15) is 0 Å². The van der Waals surface area contributed by atoms with Gasteiger partial charge in [-0.3, -0.25) is 10.1 Å². The standard InChI is InChI=1S/C4H7NO5/c1-2-4(8,3(6)7)5(9)10/h8H,2H2,1H3,(H,6,7). The Hall–Kier alpha value is -1.17. The zero-order valence-electron chi connectivity index (χ0n) is 5.27. The van der Waals surface area contributed by atoms with Gasteiger partial charge in [0.25, 0.3) is 0 Å². The van der Waals surface area contributed by atoms with E-state index in [1.165, 1.54) is 6.92 Å². The molecule has 1 atom stereocenters. The van der Waals surface area contributed by atoms with Gasteiger partial charge in [-0.2, -0.15) is 0 Å². The molecule has 0 heterocycles. The van der Waals surface area contributed by atoms with Gasteiger partial charge in [-0.1, -0.05) is 6.92 Å². The summed E-state index contributed by atoms with van der Waals surface area (Å²) in [7, 11) is 0. The molecular formula is C4H7NO5. The smallest absolute Gasteiger partial charge is 0.419 e. The zero-order valence-corrected chi connectivity index (χ0v) is 5.27. The maximum atomic E-state index is 10.0. The molecule has 0 radical (unpaired) electrons. The fraction of sp³-hybridized carbons (Fsp3) is 0.750. The van der Waals surface area contributed by atoms with E-state index in [1.54, 1.807) is 0 Å². The quantitative estimate of drug-likeness (QED) is 0.318. The van der Waals surface area contributed by atoms with E-state index in [9.17, 15) is 14.9 Å². The molecule has 0 aliphatic carbocycles. The minimum absolute atomic E-state index is 0.449. The first-order chi connectivity index (χ1) is 4.45. The Bertz CT molecular complexity index is 151. The molecule has 0 fully saturated rings. The second-order valence-corrected chi connectivity index (χ2v) is 1.73. The van der Waals surface area contributed by atoms with Crippen LogP contribution in [0.5, 0.6) is 0 Å². The number of hydrogen-bond donors (Lipinski definition) is 2. The van der Waals surface area contributed by atoms with Crippen molar-refractivity contribution in [1.29, 1.82) is 0 Å². The number of rotatable bonds is 3. The highest BCUT2D eigenvalue weighted by Gasteiger charge is 2.47. The first-order valence-corrected chi connectivity index (χ1v) is 2.55. The molecule has 0 aliphatic heterocycles. The van der Waals surface area contributed by atoms with Crippen molar-refractivity contribution in [2.24, 2.45) is 0 Å². The van der Waals surface area contributed by atoms with Gasteiger partial charge >= 0.3 is 11.7 Å². The van der Waals surface area contributed by atoms with Crippen molar-refractivity contribution >= 4 is 5.97 Å². The molecule has 6 nitrogen and oxygen atoms in total. The summed E-state index contributed by atoms with van der Waals surface area (Å²) in [5.41, 5.74) is -2.82. The molecule has 0 aromatic heterocycles. The van der Waals surface area contributed by atoms with E-state index >= 15 is 0 Å². The van der Waals surface area contributed by atoms with Gasteiger partial charge in [0.15, 0.2) is 0 Å². The van der Waals surface area contributed by atoms with Crippen LogP contribution in [0.2, 0.25) is 0 Å². The molecule has 0 bridgehead atoms. The second-order valence-electron chi connectivity index (χ2n) is 1.73. The number of nitrogens with zero attached hydrogens (tertiary/aromatic N) is 1. The molecule has 0 aliphatic rings. The summed E-state index contributed by atoms with van der Waals surface area (Å²) < 4.78 is 0. The monoisotopic (exact) mass is 149 g/mol. The van der Waals surface area contributed by atoms with Crippen LogP contribution in [0.3, 0.4) is 0 Å². The number of nitro groups is 1. The van der Waals surface area contributed by atoms with Crippen molar-refractivity contribution in [3.05, 3.63) is 10.1 Å². The average Bonchev–Trinajstić information content (AvgIpc) is 1.85. The van der Waals surface area contributed by atoms with Gasteiger partial charge in [-0.05, 0) is 0 Å². The molecule has 0 spiro atoms. The molecule has 0 saturated heterocycles. The van der Waals surface area contributed by atoms with Gasteiger partial charge in [0.2, 0.25) is 0 Å². The van der Waals surface area contributed by atoms with Crippen LogP contribution in [0.25, 0.3) is 0 Å². The number of carboxylic acid groups (broad SMARTS) is 1. The number of carboxylic acids is 1. The van der Waals surface area contributed by atoms with Gasteiger partial charge in [-0.15, -0.1) is 0 Å². The van der Waals surface area contributed by atoms with Gasteiger partial charge in [-0.25, -0.2) is 4.79 Å². The van der Waals surface area contributed by atoms with Crippen molar-refractivity contribution in [2.45, 2.75) is 19.1 Å². The highest BCUT2D eigenvalue weighted by Crippen LogP contribution is 2.09. The third-order valence-electron chi connectivity index (χ3n) is 1.14. The van der Waals surface area contributed by atoms with Crippen molar-refractivity contribution < 1.29 is 19.9 Å². The molecule has 0 aromatic rings. The third-order valence-corrected chi connectivity index (χ3v) is 1.14. The molecule has 0 saturated carbocycles. The molecule has 0 amide bonds. The van der Waals surface area contributed by atoms with E-state index in [2.05, 4.69) is 0 Å². The maximum Gasteiger partial charge on any atom is 0.419 e. The summed E-state index contributed by atoms with van der Waals surface area (Å²) in [4.78, 5) is 18.6. The lowest BCUT2D eigenvalue weighted by Gasteiger charge is -2.10. The molecule has 6 heteroatoms. The lowest BCUT2D eigenvalue weighted by molar-refractivity contribution is -0.607. The van der Waals surface area contributed by atoms with Crippen LogP contribution < -0.4 is 0 Å². The Kier molecular flexibility index (Phi) is 2.30. The Labute approximate surface area is 56.2 Å². The first-order valence-electron chi connectivity index (χ1n) is 2.55. The Morgan fingerprint density at radius 2 is 2.20 bits per heavy atom. The maximum absolute atomic E-state index is 10.0. The lowest BCUT2D eigenvalue weighted by atomic mass is 10.2. The van der Waals surface area contributed by atoms with Crippen molar-refractivity contribution in [2.75, 3.05) is 0 Å². The van der Waals surface area contributed by atoms with Crippen LogP contribution in [0.4, 0.5) is 0 Å². The molecule has 0 rings (SSSR count). The fourth-order valence-electron chi connectivity index (χ4n) is 0.358. The lowest BCUT2D eigenvalue weighted by Crippen LogP contribution is -2.45. The van der Waals surface area contributed by atoms with Crippen LogP contribution in [0.15, 0.2) is 0 Å². The summed E-state index contributed by atoms with van der Waals surface area (Å²) in [6, 6.07) is 0. The molecule has 2 N–H and O–H groups in total. The Balaban J connectivity index is 4.55. The zero-order chi connectivity index (χ0) is 8.36. The van der Waals surface area contributed by atoms with Crippen molar-refractivity contribution in [3.8, 4) is 0 Å². The number of aliphatic carboxylic acids is 1. The summed E-state index contributed by atoms with van der Waals surface area (Å²) in [6.45, 7) is 1.22. The third kappa shape index (κ3) is 1.21. The second kappa shape index (κ2) is 2.61. The van der Waals surface area contributed by atoms with E-state index in [0.717, 1.165) is 0 Å². The SMILES string of the molecule is CCC(O)(C(=O)O)[N+](=O)[O-]. The van der Waals surface area contributed by atoms with Crippen LogP contribution in [-0.4, -0.2) is 26.8 Å². The largest absolute Gasteiger partial charge is 0.474 e. The molecule has 10 heavy (non-hydrogen) atoms. The summed E-state index contributed by atoms with van der Waals surface area (Å²) in [5.74, 6) is -1.83. The van der Waals surface area contributed by atoms with Gasteiger partial charge in [0.05, 0.1) is 11.3 Å². The Morgan fingerprint density at radius 1 is 1.80 bits per heavy atom. The predicted molar refractivity (Wildman–Crippen MR) is 29.9 cm³/mol. The number of carbonyl (C=O) groups is 1. The van der Waals surface area contributed by atoms with Crippen LogP contribution >= 0.6 is 0 Å². The first kappa shape index (κ1) is 8.83. The van der Waals surface area contributed by atoms with Crippen LogP contribution in [0, 0.1) is 10.1 Å². The number of hydrogen-bond acceptors (Lipinski definition) is 4. The average molecular weight is 149 g/mol. The van der Waals surface area contributed by atoms with E-state index in [0.29, 0.717) is 0 Å². The predicted octanol–water partition coefficient (Wildman–Crippen LogP) is -0.554. The van der Waals surface area contributed by atoms with Crippen molar-refractivity contribution in [3.63, 3.8) is 0 Å². The van der Waals surface area contributed by atoms with Gasteiger partial charge in [0, 0.05) is 0 Å². The van der Waals surface area contributed by atoms with Gasteiger partial charge < -0.3 is 10.2 Å². The minimum atomic E-state index is -2.82. The van der Waals surface area contributed by atoms with E-state index in [1.807, 2.05) is 0 Å². The van der Waals surface area contributed by atoms with E-state index < -0.39 is 23.0 Å². The molecule has 0 aromatic carbocycles. The Morgan fingerprint density at radius 3 is 2.20 bits per heavy atom. The number of aliphatic hydroxyl groups is 1.